The third-order valence-electron chi connectivity index (χ3n) is 4.43. The predicted molar refractivity (Wildman–Crippen MR) is 109 cm³/mol. The Labute approximate surface area is 175 Å². The summed E-state index contributed by atoms with van der Waals surface area (Å²) in [4.78, 5) is 16.5. The topological polar surface area (TPSA) is 60.5 Å². The van der Waals surface area contributed by atoms with Crippen molar-refractivity contribution in [1.29, 1.82) is 0 Å². The Kier molecular flexibility index (Phi) is 6.07. The number of esters is 1. The molecule has 1 aromatic heterocycles. The monoisotopic (exact) mass is 438 g/mol. The van der Waals surface area contributed by atoms with Crippen molar-refractivity contribution < 1.29 is 27.4 Å². The van der Waals surface area contributed by atoms with Crippen molar-refractivity contribution in [1.82, 2.24) is 4.98 Å². The molecule has 0 aliphatic heterocycles. The van der Waals surface area contributed by atoms with Crippen molar-refractivity contribution in [3.8, 4) is 5.75 Å². The van der Waals surface area contributed by atoms with Gasteiger partial charge in [0.1, 0.15) is 11.3 Å². The number of benzene rings is 2. The summed E-state index contributed by atoms with van der Waals surface area (Å²) in [6.07, 6.45) is -3.32. The number of anilines is 2. The van der Waals surface area contributed by atoms with Crippen LogP contribution in [-0.2, 0) is 10.9 Å². The number of carbonyl (C=O) groups excluding carboxylic acids is 1. The molecule has 0 bridgehead atoms. The van der Waals surface area contributed by atoms with Gasteiger partial charge >= 0.3 is 12.1 Å². The van der Waals surface area contributed by atoms with Gasteiger partial charge in [-0.25, -0.2) is 4.79 Å². The number of hydrogen-bond acceptors (Lipinski definition) is 5. The van der Waals surface area contributed by atoms with E-state index in [4.69, 9.17) is 21.1 Å². The molecule has 158 valence electrons. The lowest BCUT2D eigenvalue weighted by atomic mass is 10.1. The van der Waals surface area contributed by atoms with Crippen LogP contribution in [0.15, 0.2) is 36.5 Å². The maximum atomic E-state index is 13.1. The minimum absolute atomic E-state index is 0.0741. The number of carbonyl (C=O) groups is 1. The van der Waals surface area contributed by atoms with E-state index in [2.05, 4.69) is 10.3 Å². The van der Waals surface area contributed by atoms with Crippen LogP contribution in [-0.4, -0.2) is 24.7 Å². The summed E-state index contributed by atoms with van der Waals surface area (Å²) in [6, 6.07) is 6.46. The molecule has 0 saturated heterocycles. The van der Waals surface area contributed by atoms with Gasteiger partial charge in [0.05, 0.1) is 36.2 Å². The molecule has 3 aromatic rings. The van der Waals surface area contributed by atoms with E-state index in [1.54, 1.807) is 26.0 Å². The van der Waals surface area contributed by atoms with Crippen LogP contribution in [0.3, 0.4) is 0 Å². The predicted octanol–water partition coefficient (Wildman–Crippen LogP) is 6.14. The van der Waals surface area contributed by atoms with E-state index < -0.39 is 17.7 Å². The number of nitrogens with one attached hydrogen (secondary N) is 1. The van der Waals surface area contributed by atoms with Gasteiger partial charge in [-0.1, -0.05) is 17.7 Å². The van der Waals surface area contributed by atoms with E-state index in [0.29, 0.717) is 21.8 Å². The molecule has 0 saturated carbocycles. The fourth-order valence-electron chi connectivity index (χ4n) is 2.93. The van der Waals surface area contributed by atoms with Crippen LogP contribution < -0.4 is 10.1 Å². The lowest BCUT2D eigenvalue weighted by Gasteiger charge is -2.18. The maximum Gasteiger partial charge on any atom is 0.416 e. The van der Waals surface area contributed by atoms with Crippen LogP contribution in [0, 0.1) is 6.92 Å². The van der Waals surface area contributed by atoms with Crippen molar-refractivity contribution >= 4 is 39.8 Å². The minimum atomic E-state index is -4.51. The molecule has 2 aromatic carbocycles. The second-order valence-electron chi connectivity index (χ2n) is 6.42. The fraction of sp³-hybridized carbons (Fsp3) is 0.238. The number of ether oxygens (including phenoxy) is 2. The van der Waals surface area contributed by atoms with Crippen molar-refractivity contribution in [2.75, 3.05) is 19.0 Å². The maximum absolute atomic E-state index is 13.1. The lowest BCUT2D eigenvalue weighted by Crippen LogP contribution is -2.10. The zero-order chi connectivity index (χ0) is 22.1. The zero-order valence-electron chi connectivity index (χ0n) is 16.4. The van der Waals surface area contributed by atoms with Gasteiger partial charge in [-0.2, -0.15) is 13.2 Å². The number of aryl methyl sites for hydroxylation is 1. The second kappa shape index (κ2) is 8.39. The summed E-state index contributed by atoms with van der Waals surface area (Å²) in [5.41, 5.74) is 0.806. The molecular formula is C21H18ClF3N2O3. The first-order valence-corrected chi connectivity index (χ1v) is 9.31. The third kappa shape index (κ3) is 4.28. The van der Waals surface area contributed by atoms with Gasteiger partial charge in [-0.15, -0.1) is 0 Å². The van der Waals surface area contributed by atoms with Crippen LogP contribution in [0.2, 0.25) is 5.02 Å². The van der Waals surface area contributed by atoms with Gasteiger partial charge < -0.3 is 14.8 Å². The highest BCUT2D eigenvalue weighted by molar-refractivity contribution is 6.31. The highest BCUT2D eigenvalue weighted by Gasteiger charge is 2.31. The van der Waals surface area contributed by atoms with Crippen LogP contribution >= 0.6 is 11.6 Å². The molecule has 30 heavy (non-hydrogen) atoms. The van der Waals surface area contributed by atoms with E-state index in [-0.39, 0.29) is 23.4 Å². The summed E-state index contributed by atoms with van der Waals surface area (Å²) in [5.74, 6) is -0.253. The van der Waals surface area contributed by atoms with E-state index in [9.17, 15) is 18.0 Å². The van der Waals surface area contributed by atoms with Crippen molar-refractivity contribution in [3.05, 3.63) is 58.2 Å². The van der Waals surface area contributed by atoms with E-state index in [1.807, 2.05) is 0 Å². The zero-order valence-corrected chi connectivity index (χ0v) is 17.1. The Bertz CT molecular complexity index is 1120. The number of nitrogens with zero attached hydrogens (tertiary/aromatic N) is 1. The Morgan fingerprint density at radius 2 is 1.97 bits per heavy atom. The molecule has 0 aliphatic rings. The number of aromatic nitrogens is 1. The summed E-state index contributed by atoms with van der Waals surface area (Å²) < 4.78 is 49.7. The molecule has 1 heterocycles. The highest BCUT2D eigenvalue weighted by Crippen LogP contribution is 2.38. The van der Waals surface area contributed by atoms with Crippen LogP contribution in [0.4, 0.5) is 24.5 Å². The number of pyridine rings is 1. The van der Waals surface area contributed by atoms with Gasteiger partial charge in [0, 0.05) is 22.7 Å². The van der Waals surface area contributed by atoms with Crippen LogP contribution in [0.5, 0.6) is 5.75 Å². The van der Waals surface area contributed by atoms with Crippen LogP contribution in [0.25, 0.3) is 10.9 Å². The molecule has 1 N–H and O–H groups in total. The molecule has 0 unspecified atom stereocenters. The smallest absolute Gasteiger partial charge is 0.416 e. The summed E-state index contributed by atoms with van der Waals surface area (Å²) in [7, 11) is 1.46. The summed E-state index contributed by atoms with van der Waals surface area (Å²) in [5, 5.41) is 3.90. The van der Waals surface area contributed by atoms with E-state index in [1.165, 1.54) is 19.4 Å². The van der Waals surface area contributed by atoms with Crippen molar-refractivity contribution in [3.63, 3.8) is 0 Å². The van der Waals surface area contributed by atoms with E-state index >= 15 is 0 Å². The Balaban J connectivity index is 2.22. The molecule has 0 amide bonds. The van der Waals surface area contributed by atoms with Crippen LogP contribution in [0.1, 0.15) is 28.4 Å². The van der Waals surface area contributed by atoms with Crippen molar-refractivity contribution in [2.24, 2.45) is 0 Å². The average molecular weight is 439 g/mol. The van der Waals surface area contributed by atoms with Gasteiger partial charge in [-0.3, -0.25) is 4.98 Å². The van der Waals surface area contributed by atoms with Gasteiger partial charge in [0.25, 0.3) is 0 Å². The Morgan fingerprint density at radius 3 is 2.60 bits per heavy atom. The standard InChI is InChI=1S/C21H18ClF3N2O3/c1-4-30-20(28)14-10-26-16-8-12(21(23,24)25)5-6-13(16)19(14)27-17-7-11(2)15(22)9-18(17)29-3/h5-10H,4H2,1-3H3,(H,26,27). The first-order valence-electron chi connectivity index (χ1n) is 8.94. The first-order chi connectivity index (χ1) is 14.2. The summed E-state index contributed by atoms with van der Waals surface area (Å²) in [6.45, 7) is 3.58. The Morgan fingerprint density at radius 1 is 1.23 bits per heavy atom. The average Bonchev–Trinajstić information content (AvgIpc) is 2.69. The normalized spacial score (nSPS) is 11.4. The lowest BCUT2D eigenvalue weighted by molar-refractivity contribution is -0.137. The number of fused-ring (bicyclic) bond motifs is 1. The van der Waals surface area contributed by atoms with Gasteiger partial charge in [0.15, 0.2) is 0 Å². The molecule has 0 atom stereocenters. The SMILES string of the molecule is CCOC(=O)c1cnc2cc(C(F)(F)F)ccc2c1Nc1cc(C)c(Cl)cc1OC. The van der Waals surface area contributed by atoms with Crippen molar-refractivity contribution in [2.45, 2.75) is 20.0 Å². The number of halogens is 4. The third-order valence-corrected chi connectivity index (χ3v) is 4.84. The molecule has 0 fully saturated rings. The number of alkyl halides is 3. The molecule has 5 nitrogen and oxygen atoms in total. The fourth-order valence-corrected chi connectivity index (χ4v) is 3.09. The first kappa shape index (κ1) is 21.7. The largest absolute Gasteiger partial charge is 0.495 e. The second-order valence-corrected chi connectivity index (χ2v) is 6.83. The van der Waals surface area contributed by atoms with Gasteiger partial charge in [-0.05, 0) is 37.6 Å². The highest BCUT2D eigenvalue weighted by atomic mass is 35.5. The number of rotatable bonds is 5. The molecule has 3 rings (SSSR count). The molecule has 0 spiro atoms. The molecule has 0 radical (unpaired) electrons. The summed E-state index contributed by atoms with van der Waals surface area (Å²) >= 11 is 6.15. The minimum Gasteiger partial charge on any atom is -0.495 e. The number of hydrogen-bond donors (Lipinski definition) is 1. The molecular weight excluding hydrogens is 421 g/mol. The van der Waals surface area contributed by atoms with Gasteiger partial charge in [0.2, 0.25) is 0 Å². The molecule has 0 aliphatic carbocycles. The quantitative estimate of drug-likeness (QED) is 0.484. The number of methoxy groups -OCH3 is 1. The molecule has 9 heteroatoms. The Hall–Kier alpha value is -3.00. The van der Waals surface area contributed by atoms with E-state index in [0.717, 1.165) is 17.7 Å².